The Kier molecular flexibility index (Phi) is 3.72. The fraction of sp³-hybridized carbons (Fsp3) is 0.636. The first kappa shape index (κ1) is 11.3. The van der Waals surface area contributed by atoms with E-state index in [1.54, 1.807) is 0 Å². The minimum Gasteiger partial charge on any atom is -0.465 e. The van der Waals surface area contributed by atoms with Crippen LogP contribution in [0.5, 0.6) is 0 Å². The van der Waals surface area contributed by atoms with Crippen molar-refractivity contribution in [2.75, 3.05) is 6.54 Å². The number of hydrogen-bond donors (Lipinski definition) is 2. The smallest absolute Gasteiger partial charge is 0.117 e. The van der Waals surface area contributed by atoms with Gasteiger partial charge in [-0.1, -0.05) is 6.92 Å². The SMILES string of the molecule is CCC(C)(O)CNCc1ccc(C)o1. The van der Waals surface area contributed by atoms with Gasteiger partial charge in [-0.2, -0.15) is 0 Å². The number of hydrogen-bond acceptors (Lipinski definition) is 3. The quantitative estimate of drug-likeness (QED) is 0.757. The largest absolute Gasteiger partial charge is 0.465 e. The van der Waals surface area contributed by atoms with Crippen molar-refractivity contribution in [1.29, 1.82) is 0 Å². The van der Waals surface area contributed by atoms with E-state index in [0.717, 1.165) is 17.9 Å². The average Bonchev–Trinajstić information content (AvgIpc) is 2.51. The van der Waals surface area contributed by atoms with Crippen molar-refractivity contribution < 1.29 is 9.52 Å². The van der Waals surface area contributed by atoms with Crippen LogP contribution in [0.2, 0.25) is 0 Å². The van der Waals surface area contributed by atoms with Crippen molar-refractivity contribution in [3.63, 3.8) is 0 Å². The van der Waals surface area contributed by atoms with Crippen molar-refractivity contribution in [1.82, 2.24) is 5.32 Å². The molecule has 0 aliphatic rings. The highest BCUT2D eigenvalue weighted by molar-refractivity contribution is 5.05. The van der Waals surface area contributed by atoms with Gasteiger partial charge < -0.3 is 14.8 Å². The molecule has 1 rings (SSSR count). The van der Waals surface area contributed by atoms with E-state index in [9.17, 15) is 5.11 Å². The van der Waals surface area contributed by atoms with Crippen LogP contribution >= 0.6 is 0 Å². The number of furan rings is 1. The Bertz CT molecular complexity index is 279. The van der Waals surface area contributed by atoms with E-state index in [0.29, 0.717) is 13.1 Å². The van der Waals surface area contributed by atoms with Crippen LogP contribution in [0.4, 0.5) is 0 Å². The summed E-state index contributed by atoms with van der Waals surface area (Å²) in [7, 11) is 0. The molecule has 2 N–H and O–H groups in total. The third-order valence-electron chi connectivity index (χ3n) is 2.36. The molecular weight excluding hydrogens is 178 g/mol. The number of nitrogens with one attached hydrogen (secondary N) is 1. The minimum absolute atomic E-state index is 0.587. The van der Waals surface area contributed by atoms with Crippen LogP contribution in [-0.2, 0) is 6.54 Å². The third kappa shape index (κ3) is 3.52. The lowest BCUT2D eigenvalue weighted by Gasteiger charge is -2.21. The number of rotatable bonds is 5. The summed E-state index contributed by atoms with van der Waals surface area (Å²) in [5, 5.41) is 12.9. The topological polar surface area (TPSA) is 45.4 Å². The lowest BCUT2D eigenvalue weighted by atomic mass is 10.0. The van der Waals surface area contributed by atoms with Gasteiger partial charge in [-0.15, -0.1) is 0 Å². The fourth-order valence-corrected chi connectivity index (χ4v) is 1.16. The molecule has 80 valence electrons. The van der Waals surface area contributed by atoms with Gasteiger partial charge in [0.05, 0.1) is 12.1 Å². The molecule has 0 saturated carbocycles. The monoisotopic (exact) mass is 197 g/mol. The molecule has 1 heterocycles. The van der Waals surface area contributed by atoms with Crippen LogP contribution in [0.3, 0.4) is 0 Å². The summed E-state index contributed by atoms with van der Waals surface area (Å²) in [5.74, 6) is 1.83. The molecule has 0 amide bonds. The molecule has 0 fully saturated rings. The highest BCUT2D eigenvalue weighted by Crippen LogP contribution is 2.08. The second-order valence-electron chi connectivity index (χ2n) is 3.97. The van der Waals surface area contributed by atoms with Crippen molar-refractivity contribution in [3.8, 4) is 0 Å². The molecule has 0 aliphatic carbocycles. The first-order chi connectivity index (χ1) is 6.53. The predicted molar refractivity (Wildman–Crippen MR) is 56.1 cm³/mol. The fourth-order valence-electron chi connectivity index (χ4n) is 1.16. The molecule has 3 nitrogen and oxygen atoms in total. The third-order valence-corrected chi connectivity index (χ3v) is 2.36. The van der Waals surface area contributed by atoms with E-state index in [2.05, 4.69) is 5.32 Å². The van der Waals surface area contributed by atoms with E-state index in [4.69, 9.17) is 4.42 Å². The average molecular weight is 197 g/mol. The van der Waals surface area contributed by atoms with Gasteiger partial charge in [0.25, 0.3) is 0 Å². The molecule has 1 atom stereocenters. The van der Waals surface area contributed by atoms with Crippen molar-refractivity contribution >= 4 is 0 Å². The van der Waals surface area contributed by atoms with Crippen LogP contribution in [0.25, 0.3) is 0 Å². The Labute approximate surface area is 85.1 Å². The minimum atomic E-state index is -0.623. The van der Waals surface area contributed by atoms with Crippen LogP contribution in [-0.4, -0.2) is 17.3 Å². The standard InChI is InChI=1S/C11H19NO2/c1-4-11(3,13)8-12-7-10-6-5-9(2)14-10/h5-6,12-13H,4,7-8H2,1-3H3. The Balaban J connectivity index is 2.28. The van der Waals surface area contributed by atoms with Crippen LogP contribution in [0.15, 0.2) is 16.5 Å². The first-order valence-electron chi connectivity index (χ1n) is 5.02. The molecule has 0 bridgehead atoms. The Morgan fingerprint density at radius 1 is 1.50 bits per heavy atom. The first-order valence-corrected chi connectivity index (χ1v) is 5.02. The molecule has 0 radical (unpaired) electrons. The van der Waals surface area contributed by atoms with E-state index < -0.39 is 5.60 Å². The molecule has 0 spiro atoms. The second-order valence-corrected chi connectivity index (χ2v) is 3.97. The van der Waals surface area contributed by atoms with Gasteiger partial charge in [-0.3, -0.25) is 0 Å². The maximum absolute atomic E-state index is 9.71. The second kappa shape index (κ2) is 4.62. The number of aliphatic hydroxyl groups is 1. The van der Waals surface area contributed by atoms with Gasteiger partial charge >= 0.3 is 0 Å². The summed E-state index contributed by atoms with van der Waals surface area (Å²) in [6.45, 7) is 6.98. The summed E-state index contributed by atoms with van der Waals surface area (Å²) < 4.78 is 5.39. The normalized spacial score (nSPS) is 15.4. The van der Waals surface area contributed by atoms with E-state index in [1.165, 1.54) is 0 Å². The maximum Gasteiger partial charge on any atom is 0.117 e. The Hall–Kier alpha value is -0.800. The molecule has 0 aromatic carbocycles. The molecule has 14 heavy (non-hydrogen) atoms. The van der Waals surface area contributed by atoms with Gasteiger partial charge in [-0.25, -0.2) is 0 Å². The molecule has 0 aliphatic heterocycles. The predicted octanol–water partition coefficient (Wildman–Crippen LogP) is 1.84. The van der Waals surface area contributed by atoms with E-state index in [1.807, 2.05) is 32.9 Å². The Morgan fingerprint density at radius 2 is 2.21 bits per heavy atom. The van der Waals surface area contributed by atoms with E-state index in [-0.39, 0.29) is 0 Å². The van der Waals surface area contributed by atoms with Gasteiger partial charge in [-0.05, 0) is 32.4 Å². The molecule has 1 aromatic heterocycles. The lowest BCUT2D eigenvalue weighted by Crippen LogP contribution is -2.36. The maximum atomic E-state index is 9.71. The van der Waals surface area contributed by atoms with Crippen molar-refractivity contribution in [3.05, 3.63) is 23.7 Å². The number of aryl methyl sites for hydroxylation is 1. The molecule has 1 aromatic rings. The summed E-state index contributed by atoms with van der Waals surface area (Å²) in [5.41, 5.74) is -0.623. The zero-order valence-corrected chi connectivity index (χ0v) is 9.13. The van der Waals surface area contributed by atoms with Crippen LogP contribution < -0.4 is 5.32 Å². The zero-order chi connectivity index (χ0) is 10.6. The summed E-state index contributed by atoms with van der Waals surface area (Å²) in [4.78, 5) is 0. The van der Waals surface area contributed by atoms with Gasteiger partial charge in [0, 0.05) is 6.54 Å². The van der Waals surface area contributed by atoms with Gasteiger partial charge in [0.2, 0.25) is 0 Å². The highest BCUT2D eigenvalue weighted by atomic mass is 16.3. The Morgan fingerprint density at radius 3 is 2.71 bits per heavy atom. The van der Waals surface area contributed by atoms with E-state index >= 15 is 0 Å². The summed E-state index contributed by atoms with van der Waals surface area (Å²) in [6, 6.07) is 3.89. The van der Waals surface area contributed by atoms with Crippen molar-refractivity contribution in [2.45, 2.75) is 39.3 Å². The zero-order valence-electron chi connectivity index (χ0n) is 9.13. The summed E-state index contributed by atoms with van der Waals surface area (Å²) in [6.07, 6.45) is 0.747. The van der Waals surface area contributed by atoms with Gasteiger partial charge in [0.1, 0.15) is 11.5 Å². The molecule has 0 saturated heterocycles. The molecular formula is C11H19NO2. The van der Waals surface area contributed by atoms with Gasteiger partial charge in [0.15, 0.2) is 0 Å². The van der Waals surface area contributed by atoms with Crippen molar-refractivity contribution in [2.24, 2.45) is 0 Å². The molecule has 3 heteroatoms. The van der Waals surface area contributed by atoms with Crippen LogP contribution in [0, 0.1) is 6.92 Å². The highest BCUT2D eigenvalue weighted by Gasteiger charge is 2.16. The molecule has 1 unspecified atom stereocenters. The lowest BCUT2D eigenvalue weighted by molar-refractivity contribution is 0.0551. The summed E-state index contributed by atoms with van der Waals surface area (Å²) >= 11 is 0. The van der Waals surface area contributed by atoms with Crippen LogP contribution in [0.1, 0.15) is 31.8 Å².